The summed E-state index contributed by atoms with van der Waals surface area (Å²) >= 11 is -0.839. The van der Waals surface area contributed by atoms with Crippen LogP contribution in [-0.2, 0) is 17.1 Å². The van der Waals surface area contributed by atoms with Crippen LogP contribution in [0, 0.1) is 63.7 Å². The summed E-state index contributed by atoms with van der Waals surface area (Å²) in [6, 6.07) is 0. The van der Waals surface area contributed by atoms with Crippen molar-refractivity contribution in [3.05, 3.63) is 76.4 Å². The largest absolute Gasteiger partial charge is 2.00 e. The van der Waals surface area contributed by atoms with Crippen LogP contribution in [0.2, 0.25) is 13.3 Å². The van der Waals surface area contributed by atoms with Crippen LogP contribution in [0.25, 0.3) is 0 Å². The van der Waals surface area contributed by atoms with Crippen LogP contribution in [0.15, 0.2) is 12.7 Å². The number of aliphatic hydroxyl groups excluding tert-OH is 1. The van der Waals surface area contributed by atoms with Gasteiger partial charge in [-0.05, 0) is 25.7 Å². The minimum Gasteiger partial charge on any atom is -0.474 e. The van der Waals surface area contributed by atoms with Gasteiger partial charge in [-0.25, -0.2) is 12.8 Å². The topological polar surface area (TPSA) is 20.2 Å². The van der Waals surface area contributed by atoms with Crippen LogP contribution in [0.5, 0.6) is 0 Å². The number of hydrogen-bond acceptors (Lipinski definition) is 1. The molecule has 2 saturated carbocycles. The van der Waals surface area contributed by atoms with E-state index in [1.54, 1.807) is 13.3 Å². The van der Waals surface area contributed by atoms with E-state index in [2.05, 4.69) is 33.8 Å². The molecule has 1 unspecified atom stereocenters. The maximum Gasteiger partial charge on any atom is 2.00 e. The second kappa shape index (κ2) is 24.3. The van der Waals surface area contributed by atoms with Crippen molar-refractivity contribution in [2.75, 3.05) is 0 Å². The molecule has 0 aromatic carbocycles. The Morgan fingerprint density at radius 1 is 0.893 bits per heavy atom. The van der Waals surface area contributed by atoms with Crippen LogP contribution >= 0.6 is 0 Å². The molecule has 0 amide bonds. The quantitative estimate of drug-likeness (QED) is 0.179. The molecule has 1 atom stereocenters. The zero-order valence-electron chi connectivity index (χ0n) is 18.1. The Kier molecular flexibility index (Phi) is 27.1. The van der Waals surface area contributed by atoms with Gasteiger partial charge < -0.3 is 11.5 Å². The molecule has 0 spiro atoms. The van der Waals surface area contributed by atoms with E-state index in [0.29, 0.717) is 0 Å². The summed E-state index contributed by atoms with van der Waals surface area (Å²) in [7, 11) is 0. The molecule has 3 heteroatoms. The van der Waals surface area contributed by atoms with E-state index >= 15 is 0 Å². The third kappa shape index (κ3) is 19.0. The standard InChI is InChI=1S/C8H9O.C5H4.3C4H9.Fe.Sn/c1-2-8(9)7-5-3-4-6-7;1-2-4-5-3-1;3*1-3-4-2;;/h2-6,8-9H,1H2;1-4H;3*1,3-4H2,2H3;;/q;-1;;;;+2;+1. The maximum atomic E-state index is 9.10. The summed E-state index contributed by atoms with van der Waals surface area (Å²) in [5, 5.41) is 9.10. The average Bonchev–Trinajstić information content (AvgIpc) is 3.44. The summed E-state index contributed by atoms with van der Waals surface area (Å²) in [6.07, 6.45) is 27.9. The van der Waals surface area contributed by atoms with Gasteiger partial charge in [-0.3, -0.25) is 0 Å². The Hall–Kier alpha value is 1.02. The van der Waals surface area contributed by atoms with Gasteiger partial charge in [0.2, 0.25) is 0 Å². The van der Waals surface area contributed by atoms with Crippen molar-refractivity contribution in [1.82, 2.24) is 0 Å². The van der Waals surface area contributed by atoms with E-state index < -0.39 is 25.9 Å². The molecular formula is C25H40FeOSn+2. The van der Waals surface area contributed by atoms with Gasteiger partial charge >= 0.3 is 109 Å². The maximum absolute atomic E-state index is 9.10. The van der Waals surface area contributed by atoms with Gasteiger partial charge in [-0.2, -0.15) is 0 Å². The van der Waals surface area contributed by atoms with Crippen molar-refractivity contribution in [2.24, 2.45) is 0 Å². The van der Waals surface area contributed by atoms with Crippen molar-refractivity contribution >= 4 is 19.8 Å². The first-order chi connectivity index (χ1) is 13.2. The SMILES string of the molecule is C=CC(O)[C]1[CH][CH][CH][CH]1.CCC[CH2][Sn+]([CH2]CCC)[CH2]CCC.[C-]1[CH][CH][CH][CH]1.[Fe+2]. The molecule has 2 rings (SSSR count). The molecule has 10 radical (unpaired) electrons. The molecule has 2 aliphatic carbocycles. The van der Waals surface area contributed by atoms with E-state index in [4.69, 9.17) is 5.11 Å². The molecule has 1 nitrogen and oxygen atoms in total. The van der Waals surface area contributed by atoms with Crippen LogP contribution in [-0.4, -0.2) is 31.0 Å². The fourth-order valence-corrected chi connectivity index (χ4v) is 12.1. The van der Waals surface area contributed by atoms with Crippen molar-refractivity contribution < 1.29 is 22.2 Å². The first kappa shape index (κ1) is 31.2. The first-order valence-corrected chi connectivity index (χ1v) is 16.7. The van der Waals surface area contributed by atoms with Gasteiger partial charge in [0.05, 0.1) is 6.10 Å². The molecule has 0 aromatic heterocycles. The van der Waals surface area contributed by atoms with Gasteiger partial charge in [0, 0.05) is 5.92 Å². The van der Waals surface area contributed by atoms with Gasteiger partial charge in [0.25, 0.3) is 0 Å². The molecular weight excluding hydrogens is 491 g/mol. The smallest absolute Gasteiger partial charge is 0.474 e. The summed E-state index contributed by atoms with van der Waals surface area (Å²) in [4.78, 5) is 0. The van der Waals surface area contributed by atoms with Gasteiger partial charge in [-0.1, -0.05) is 18.9 Å². The fourth-order valence-electron chi connectivity index (χ4n) is 2.66. The average molecular weight is 531 g/mol. The predicted molar refractivity (Wildman–Crippen MR) is 122 cm³/mol. The van der Waals surface area contributed by atoms with Crippen molar-refractivity contribution in [2.45, 2.75) is 78.7 Å². The summed E-state index contributed by atoms with van der Waals surface area (Å²) in [5.41, 5.74) is 0. The minimum atomic E-state index is -0.839. The molecule has 2 aliphatic rings. The third-order valence-electron chi connectivity index (χ3n) is 4.40. The fraction of sp³-hybridized carbons (Fsp3) is 0.520. The van der Waals surface area contributed by atoms with E-state index in [-0.39, 0.29) is 17.1 Å². The number of rotatable bonds is 11. The van der Waals surface area contributed by atoms with Crippen LogP contribution in [0.4, 0.5) is 0 Å². The van der Waals surface area contributed by atoms with Crippen LogP contribution in [0.1, 0.15) is 59.3 Å². The van der Waals surface area contributed by atoms with Gasteiger partial charge in [0.1, 0.15) is 0 Å². The summed E-state index contributed by atoms with van der Waals surface area (Å²) in [5.74, 6) is 0.907. The first-order valence-electron chi connectivity index (χ1n) is 10.6. The van der Waals surface area contributed by atoms with E-state index in [0.717, 1.165) is 5.92 Å². The monoisotopic (exact) mass is 532 g/mol. The molecule has 156 valence electrons. The molecule has 0 bridgehead atoms. The Balaban J connectivity index is 0. The normalized spacial score (nSPS) is 16.9. The number of unbranched alkanes of at least 4 members (excludes halogenated alkanes) is 3. The van der Waals surface area contributed by atoms with E-state index in [9.17, 15) is 0 Å². The Morgan fingerprint density at radius 2 is 1.32 bits per heavy atom. The summed E-state index contributed by atoms with van der Waals surface area (Å²) < 4.78 is 5.04. The zero-order valence-corrected chi connectivity index (χ0v) is 22.1. The van der Waals surface area contributed by atoms with Gasteiger partial charge in [-0.15, -0.1) is 6.58 Å². The van der Waals surface area contributed by atoms with Gasteiger partial charge in [0.15, 0.2) is 0 Å². The van der Waals surface area contributed by atoms with Crippen molar-refractivity contribution in [1.29, 1.82) is 0 Å². The Morgan fingerprint density at radius 3 is 1.61 bits per heavy atom. The Labute approximate surface area is 196 Å². The number of hydrogen-bond donors (Lipinski definition) is 1. The van der Waals surface area contributed by atoms with Crippen LogP contribution in [0.3, 0.4) is 0 Å². The zero-order chi connectivity index (χ0) is 20.2. The predicted octanol–water partition coefficient (Wildman–Crippen LogP) is 6.72. The van der Waals surface area contributed by atoms with E-state index in [1.165, 1.54) is 44.6 Å². The third-order valence-corrected chi connectivity index (χ3v) is 13.5. The molecule has 0 aliphatic heterocycles. The molecule has 0 heterocycles. The minimum absolute atomic E-state index is 0. The molecule has 0 saturated heterocycles. The van der Waals surface area contributed by atoms with E-state index in [1.807, 2.05) is 51.4 Å². The second-order valence-corrected chi connectivity index (χ2v) is 15.4. The molecule has 2 fully saturated rings. The Bertz CT molecular complexity index is 274. The summed E-state index contributed by atoms with van der Waals surface area (Å²) in [6.45, 7) is 10.5. The van der Waals surface area contributed by atoms with Crippen molar-refractivity contribution in [3.8, 4) is 0 Å². The molecule has 1 N–H and O–H groups in total. The second-order valence-electron chi connectivity index (χ2n) is 6.84. The number of aliphatic hydroxyl groups is 1. The molecule has 0 aromatic rings. The molecule has 28 heavy (non-hydrogen) atoms. The van der Waals surface area contributed by atoms with Crippen LogP contribution < -0.4 is 0 Å². The van der Waals surface area contributed by atoms with Crippen molar-refractivity contribution in [3.63, 3.8) is 0 Å².